The van der Waals surface area contributed by atoms with Gasteiger partial charge in [0.1, 0.15) is 0 Å². The molecule has 104 valence electrons. The van der Waals surface area contributed by atoms with Crippen LogP contribution in [0.1, 0.15) is 50.3 Å². The third-order valence-corrected chi connectivity index (χ3v) is 3.99. The quantitative estimate of drug-likeness (QED) is 0.825. The molecule has 1 aliphatic carbocycles. The third-order valence-electron chi connectivity index (χ3n) is 3.99. The fraction of sp³-hybridized carbons (Fsp3) is 0.562. The number of nitrogens with one attached hydrogen (secondary N) is 2. The minimum atomic E-state index is 0.109. The Morgan fingerprint density at radius 1 is 1.32 bits per heavy atom. The lowest BCUT2D eigenvalue weighted by atomic mass is 10.1. The molecule has 0 spiro atoms. The van der Waals surface area contributed by atoms with Gasteiger partial charge in [-0.15, -0.1) is 0 Å². The van der Waals surface area contributed by atoms with Crippen molar-refractivity contribution in [3.63, 3.8) is 0 Å². The van der Waals surface area contributed by atoms with Crippen LogP contribution in [0.3, 0.4) is 0 Å². The number of carbonyl (C=O) groups is 1. The molecule has 2 rings (SSSR count). The van der Waals surface area contributed by atoms with E-state index in [1.54, 1.807) is 0 Å². The van der Waals surface area contributed by atoms with E-state index in [0.29, 0.717) is 18.6 Å². The second-order valence-corrected chi connectivity index (χ2v) is 5.25. The molecule has 0 heterocycles. The lowest BCUT2D eigenvalue weighted by Crippen LogP contribution is -2.40. The van der Waals surface area contributed by atoms with Crippen LogP contribution in [0.5, 0.6) is 0 Å². The van der Waals surface area contributed by atoms with Gasteiger partial charge >= 0.3 is 0 Å². The van der Waals surface area contributed by atoms with E-state index < -0.39 is 0 Å². The minimum absolute atomic E-state index is 0.109. The number of carbonyl (C=O) groups excluding carboxylic acids is 1. The molecular formula is C16H24N2O. The Bertz CT molecular complexity index is 427. The van der Waals surface area contributed by atoms with Gasteiger partial charge in [-0.1, -0.05) is 38.1 Å². The maximum atomic E-state index is 11.9. The summed E-state index contributed by atoms with van der Waals surface area (Å²) >= 11 is 0. The molecule has 19 heavy (non-hydrogen) atoms. The molecule has 1 aromatic carbocycles. The van der Waals surface area contributed by atoms with Crippen LogP contribution in [0.25, 0.3) is 0 Å². The number of benzene rings is 1. The van der Waals surface area contributed by atoms with E-state index in [-0.39, 0.29) is 5.91 Å². The molecule has 3 heteroatoms. The highest BCUT2D eigenvalue weighted by Gasteiger charge is 2.22. The zero-order valence-electron chi connectivity index (χ0n) is 11.9. The lowest BCUT2D eigenvalue weighted by molar-refractivity contribution is -0.121. The van der Waals surface area contributed by atoms with Crippen LogP contribution in [0.15, 0.2) is 24.3 Å². The molecule has 1 amide bonds. The molecule has 1 aliphatic rings. The molecule has 1 aromatic rings. The summed E-state index contributed by atoms with van der Waals surface area (Å²) in [6.07, 6.45) is 4.20. The Labute approximate surface area is 115 Å². The smallest absolute Gasteiger partial charge is 0.234 e. The van der Waals surface area contributed by atoms with Crippen molar-refractivity contribution in [2.24, 2.45) is 0 Å². The van der Waals surface area contributed by atoms with E-state index in [2.05, 4.69) is 48.7 Å². The Morgan fingerprint density at radius 3 is 2.79 bits per heavy atom. The summed E-state index contributed by atoms with van der Waals surface area (Å²) in [4.78, 5) is 11.9. The standard InChI is InChI=1S/C16H24N2O/c1-3-13(4-2)18-16(19)11-17-15-10-9-12-7-5-6-8-14(12)15/h5-8,13,15,17H,3-4,9-11H2,1-2H3,(H,18,19). The molecule has 3 nitrogen and oxygen atoms in total. The average Bonchev–Trinajstić information content (AvgIpc) is 2.86. The first kappa shape index (κ1) is 14.1. The Balaban J connectivity index is 1.82. The van der Waals surface area contributed by atoms with Gasteiger partial charge in [0.15, 0.2) is 0 Å². The maximum Gasteiger partial charge on any atom is 0.234 e. The molecule has 0 bridgehead atoms. The van der Waals surface area contributed by atoms with Crippen LogP contribution in [0, 0.1) is 0 Å². The van der Waals surface area contributed by atoms with Crippen molar-refractivity contribution in [3.8, 4) is 0 Å². The van der Waals surface area contributed by atoms with Crippen LogP contribution < -0.4 is 10.6 Å². The summed E-state index contributed by atoms with van der Waals surface area (Å²) in [5, 5.41) is 6.44. The molecule has 0 saturated carbocycles. The average molecular weight is 260 g/mol. The summed E-state index contributed by atoms with van der Waals surface area (Å²) in [6.45, 7) is 4.62. The highest BCUT2D eigenvalue weighted by molar-refractivity contribution is 5.78. The Morgan fingerprint density at radius 2 is 2.05 bits per heavy atom. The highest BCUT2D eigenvalue weighted by Crippen LogP contribution is 2.30. The Hall–Kier alpha value is -1.35. The molecule has 0 saturated heterocycles. The van der Waals surface area contributed by atoms with Gasteiger partial charge in [-0.25, -0.2) is 0 Å². The largest absolute Gasteiger partial charge is 0.352 e. The fourth-order valence-electron chi connectivity index (χ4n) is 2.76. The van der Waals surface area contributed by atoms with E-state index in [4.69, 9.17) is 0 Å². The molecule has 0 radical (unpaired) electrons. The topological polar surface area (TPSA) is 41.1 Å². The van der Waals surface area contributed by atoms with Gasteiger partial charge in [-0.3, -0.25) is 4.79 Å². The van der Waals surface area contributed by atoms with Crippen LogP contribution in [-0.2, 0) is 11.2 Å². The predicted octanol–water partition coefficient (Wildman–Crippen LogP) is 2.57. The van der Waals surface area contributed by atoms with Crippen LogP contribution in [-0.4, -0.2) is 18.5 Å². The van der Waals surface area contributed by atoms with Crippen molar-refractivity contribution in [1.29, 1.82) is 0 Å². The van der Waals surface area contributed by atoms with E-state index in [1.807, 2.05) is 0 Å². The first-order chi connectivity index (χ1) is 9.24. The van der Waals surface area contributed by atoms with Gasteiger partial charge in [-0.05, 0) is 36.8 Å². The first-order valence-corrected chi connectivity index (χ1v) is 7.35. The minimum Gasteiger partial charge on any atom is -0.352 e. The Kier molecular flexibility index (Phi) is 4.97. The van der Waals surface area contributed by atoms with Crippen LogP contribution >= 0.6 is 0 Å². The summed E-state index contributed by atoms with van der Waals surface area (Å²) in [5.41, 5.74) is 2.78. The van der Waals surface area contributed by atoms with E-state index in [0.717, 1.165) is 25.7 Å². The van der Waals surface area contributed by atoms with Crippen molar-refractivity contribution in [1.82, 2.24) is 10.6 Å². The molecule has 0 aliphatic heterocycles. The van der Waals surface area contributed by atoms with Gasteiger partial charge in [0.05, 0.1) is 6.54 Å². The second-order valence-electron chi connectivity index (χ2n) is 5.25. The summed E-state index contributed by atoms with van der Waals surface area (Å²) < 4.78 is 0. The molecule has 2 N–H and O–H groups in total. The monoisotopic (exact) mass is 260 g/mol. The number of rotatable bonds is 6. The van der Waals surface area contributed by atoms with Crippen LogP contribution in [0.2, 0.25) is 0 Å². The maximum absolute atomic E-state index is 11.9. The second kappa shape index (κ2) is 6.71. The molecule has 1 unspecified atom stereocenters. The van der Waals surface area contributed by atoms with Crippen molar-refractivity contribution < 1.29 is 4.79 Å². The molecular weight excluding hydrogens is 236 g/mol. The van der Waals surface area contributed by atoms with E-state index >= 15 is 0 Å². The number of hydrogen-bond donors (Lipinski definition) is 2. The zero-order valence-corrected chi connectivity index (χ0v) is 11.9. The fourth-order valence-corrected chi connectivity index (χ4v) is 2.76. The van der Waals surface area contributed by atoms with Gasteiger partial charge in [0.2, 0.25) is 5.91 Å². The SMILES string of the molecule is CCC(CC)NC(=O)CNC1CCc2ccccc21. The normalized spacial score (nSPS) is 17.5. The highest BCUT2D eigenvalue weighted by atomic mass is 16.1. The van der Waals surface area contributed by atoms with Crippen molar-refractivity contribution in [2.45, 2.75) is 51.6 Å². The van der Waals surface area contributed by atoms with Crippen molar-refractivity contribution in [2.75, 3.05) is 6.54 Å². The van der Waals surface area contributed by atoms with E-state index in [1.165, 1.54) is 11.1 Å². The zero-order chi connectivity index (χ0) is 13.7. The van der Waals surface area contributed by atoms with Crippen molar-refractivity contribution >= 4 is 5.91 Å². The third kappa shape index (κ3) is 3.57. The summed E-state index contributed by atoms with van der Waals surface area (Å²) in [7, 11) is 0. The lowest BCUT2D eigenvalue weighted by Gasteiger charge is -2.17. The molecule has 0 fully saturated rings. The van der Waals surface area contributed by atoms with Gasteiger partial charge in [-0.2, -0.15) is 0 Å². The van der Waals surface area contributed by atoms with Gasteiger partial charge < -0.3 is 10.6 Å². The van der Waals surface area contributed by atoms with Gasteiger partial charge in [0, 0.05) is 12.1 Å². The number of amides is 1. The number of hydrogen-bond acceptors (Lipinski definition) is 2. The van der Waals surface area contributed by atoms with Crippen LogP contribution in [0.4, 0.5) is 0 Å². The summed E-state index contributed by atoms with van der Waals surface area (Å²) in [6, 6.07) is 9.15. The van der Waals surface area contributed by atoms with Crippen molar-refractivity contribution in [3.05, 3.63) is 35.4 Å². The molecule has 1 atom stereocenters. The number of aryl methyl sites for hydroxylation is 1. The summed E-state index contributed by atoms with van der Waals surface area (Å²) in [5.74, 6) is 0.109. The molecule has 0 aromatic heterocycles. The van der Waals surface area contributed by atoms with E-state index in [9.17, 15) is 4.79 Å². The number of fused-ring (bicyclic) bond motifs is 1. The predicted molar refractivity (Wildman–Crippen MR) is 78.0 cm³/mol. The first-order valence-electron chi connectivity index (χ1n) is 7.35. The van der Waals surface area contributed by atoms with Gasteiger partial charge in [0.25, 0.3) is 0 Å².